The summed E-state index contributed by atoms with van der Waals surface area (Å²) in [5, 5.41) is 10.0. The van der Waals surface area contributed by atoms with Gasteiger partial charge in [0, 0.05) is 19.2 Å². The van der Waals surface area contributed by atoms with E-state index < -0.39 is 6.10 Å². The van der Waals surface area contributed by atoms with Crippen molar-refractivity contribution in [2.45, 2.75) is 25.2 Å². The molecular weight excluding hydrogens is 309 g/mol. The molecule has 0 radical (unpaired) electrons. The quantitative estimate of drug-likeness (QED) is 0.938. The highest BCUT2D eigenvalue weighted by molar-refractivity contribution is 5.95. The van der Waals surface area contributed by atoms with Crippen LogP contribution >= 0.6 is 0 Å². The number of likely N-dealkylation sites (tertiary alicyclic amines) is 1. The smallest absolute Gasteiger partial charge is 0.254 e. The normalized spacial score (nSPS) is 20.4. The van der Waals surface area contributed by atoms with Crippen LogP contribution in [0.4, 0.5) is 4.39 Å². The van der Waals surface area contributed by atoms with Crippen LogP contribution in [-0.2, 0) is 11.3 Å². The van der Waals surface area contributed by atoms with Crippen molar-refractivity contribution >= 4 is 5.91 Å². The summed E-state index contributed by atoms with van der Waals surface area (Å²) in [5.74, 6) is -0.512. The zero-order valence-corrected chi connectivity index (χ0v) is 13.5. The molecule has 1 N–H and O–H groups in total. The van der Waals surface area contributed by atoms with E-state index in [1.165, 1.54) is 12.1 Å². The third kappa shape index (κ3) is 3.47. The number of benzene rings is 2. The predicted octanol–water partition coefficient (Wildman–Crippen LogP) is 2.92. The fourth-order valence-electron chi connectivity index (χ4n) is 3.19. The summed E-state index contributed by atoms with van der Waals surface area (Å²) in [6.45, 7) is 0.672. The first-order valence-corrected chi connectivity index (χ1v) is 7.91. The lowest BCUT2D eigenvalue weighted by Crippen LogP contribution is -2.31. The van der Waals surface area contributed by atoms with Crippen molar-refractivity contribution in [3.63, 3.8) is 0 Å². The molecule has 0 saturated carbocycles. The van der Waals surface area contributed by atoms with Crippen molar-refractivity contribution in [2.75, 3.05) is 13.7 Å². The number of carbonyl (C=O) groups excluding carboxylic acids is 1. The molecule has 2 aromatic carbocycles. The van der Waals surface area contributed by atoms with Gasteiger partial charge in [-0.15, -0.1) is 0 Å². The molecule has 1 aliphatic rings. The first-order chi connectivity index (χ1) is 11.6. The summed E-state index contributed by atoms with van der Waals surface area (Å²) in [7, 11) is 1.60. The van der Waals surface area contributed by atoms with Crippen LogP contribution in [0.5, 0.6) is 0 Å². The topological polar surface area (TPSA) is 49.8 Å². The molecular formula is C19H20FNO3. The van der Waals surface area contributed by atoms with Gasteiger partial charge in [0.25, 0.3) is 5.91 Å². The number of amides is 1. The molecule has 3 rings (SSSR count). The van der Waals surface area contributed by atoms with Gasteiger partial charge >= 0.3 is 0 Å². The lowest BCUT2D eigenvalue weighted by atomic mass is 10.0. The van der Waals surface area contributed by atoms with Crippen molar-refractivity contribution in [2.24, 2.45) is 0 Å². The first-order valence-electron chi connectivity index (χ1n) is 7.91. The molecule has 1 amide bonds. The molecule has 0 aromatic heterocycles. The Labute approximate surface area is 140 Å². The van der Waals surface area contributed by atoms with Gasteiger partial charge in [0.15, 0.2) is 0 Å². The van der Waals surface area contributed by atoms with E-state index in [2.05, 4.69) is 0 Å². The van der Waals surface area contributed by atoms with Gasteiger partial charge in [-0.3, -0.25) is 4.79 Å². The van der Waals surface area contributed by atoms with Crippen LogP contribution in [0.15, 0.2) is 48.5 Å². The average Bonchev–Trinajstić information content (AvgIpc) is 2.97. The van der Waals surface area contributed by atoms with Crippen molar-refractivity contribution in [3.05, 3.63) is 71.0 Å². The Hall–Kier alpha value is -2.24. The number of halogens is 1. The lowest BCUT2D eigenvalue weighted by molar-refractivity contribution is 0.0715. The van der Waals surface area contributed by atoms with Gasteiger partial charge in [0.1, 0.15) is 5.82 Å². The molecule has 2 atom stereocenters. The Morgan fingerprint density at radius 2 is 2.08 bits per heavy atom. The van der Waals surface area contributed by atoms with E-state index in [1.807, 2.05) is 12.1 Å². The third-order valence-electron chi connectivity index (χ3n) is 4.26. The van der Waals surface area contributed by atoms with Gasteiger partial charge in [-0.25, -0.2) is 4.39 Å². The summed E-state index contributed by atoms with van der Waals surface area (Å²) in [5.41, 5.74) is 2.15. The van der Waals surface area contributed by atoms with E-state index in [9.17, 15) is 14.3 Å². The average molecular weight is 329 g/mol. The Morgan fingerprint density at radius 1 is 1.29 bits per heavy atom. The summed E-state index contributed by atoms with van der Waals surface area (Å²) in [4.78, 5) is 14.5. The van der Waals surface area contributed by atoms with Crippen LogP contribution < -0.4 is 0 Å². The molecule has 1 aliphatic heterocycles. The molecule has 1 saturated heterocycles. The molecule has 1 fully saturated rings. The van der Waals surface area contributed by atoms with Gasteiger partial charge in [0.2, 0.25) is 0 Å². The number of hydrogen-bond donors (Lipinski definition) is 1. The minimum Gasteiger partial charge on any atom is -0.391 e. The van der Waals surface area contributed by atoms with Crippen LogP contribution in [-0.4, -0.2) is 35.7 Å². The Morgan fingerprint density at radius 3 is 2.83 bits per heavy atom. The number of hydrogen-bond acceptors (Lipinski definition) is 3. The van der Waals surface area contributed by atoms with E-state index >= 15 is 0 Å². The van der Waals surface area contributed by atoms with E-state index in [0.717, 1.165) is 5.56 Å². The highest BCUT2D eigenvalue weighted by Crippen LogP contribution is 2.33. The zero-order chi connectivity index (χ0) is 17.1. The van der Waals surface area contributed by atoms with Gasteiger partial charge in [-0.05, 0) is 41.8 Å². The van der Waals surface area contributed by atoms with Gasteiger partial charge in [0.05, 0.1) is 18.8 Å². The fourth-order valence-corrected chi connectivity index (χ4v) is 3.19. The molecule has 0 bridgehead atoms. The summed E-state index contributed by atoms with van der Waals surface area (Å²) in [6, 6.07) is 13.1. The maximum absolute atomic E-state index is 13.5. The lowest BCUT2D eigenvalue weighted by Gasteiger charge is -2.25. The third-order valence-corrected chi connectivity index (χ3v) is 4.26. The monoisotopic (exact) mass is 329 g/mol. The predicted molar refractivity (Wildman–Crippen MR) is 88.0 cm³/mol. The maximum atomic E-state index is 13.5. The van der Waals surface area contributed by atoms with E-state index in [-0.39, 0.29) is 24.3 Å². The molecule has 0 aliphatic carbocycles. The first kappa shape index (κ1) is 16.6. The molecule has 5 heteroatoms. The van der Waals surface area contributed by atoms with E-state index in [4.69, 9.17) is 4.74 Å². The van der Waals surface area contributed by atoms with Gasteiger partial charge in [-0.2, -0.15) is 0 Å². The largest absolute Gasteiger partial charge is 0.391 e. The Kier molecular flexibility index (Phi) is 4.92. The van der Waals surface area contributed by atoms with Crippen LogP contribution in [0.3, 0.4) is 0 Å². The maximum Gasteiger partial charge on any atom is 0.254 e. The number of aliphatic hydroxyl groups is 1. The second-order valence-corrected chi connectivity index (χ2v) is 6.05. The molecule has 2 aromatic rings. The highest BCUT2D eigenvalue weighted by atomic mass is 19.1. The molecule has 0 spiro atoms. The van der Waals surface area contributed by atoms with Crippen LogP contribution in [0.25, 0.3) is 0 Å². The SMILES string of the molecule is COCc1cccc(C(=O)N2C[C@@H](O)C[C@H]2c2cccc(F)c2)c1. The minimum atomic E-state index is -0.607. The number of rotatable bonds is 4. The second kappa shape index (κ2) is 7.11. The van der Waals surface area contributed by atoms with Crippen molar-refractivity contribution in [1.82, 2.24) is 4.90 Å². The molecule has 4 nitrogen and oxygen atoms in total. The second-order valence-electron chi connectivity index (χ2n) is 6.05. The fraction of sp³-hybridized carbons (Fsp3) is 0.316. The zero-order valence-electron chi connectivity index (χ0n) is 13.5. The number of nitrogens with zero attached hydrogens (tertiary/aromatic N) is 1. The molecule has 126 valence electrons. The number of aliphatic hydroxyl groups excluding tert-OH is 1. The highest BCUT2D eigenvalue weighted by Gasteiger charge is 2.35. The molecule has 0 unspecified atom stereocenters. The summed E-state index contributed by atoms with van der Waals surface area (Å²) < 4.78 is 18.6. The molecule has 1 heterocycles. The number of methoxy groups -OCH3 is 1. The Bertz CT molecular complexity index is 734. The van der Waals surface area contributed by atoms with Crippen molar-refractivity contribution in [1.29, 1.82) is 0 Å². The number of β-amino-alcohol motifs (C(OH)–C–C–N with tert-alkyl or cyclic N) is 1. The number of ether oxygens (including phenoxy) is 1. The standard InChI is InChI=1S/C19H20FNO3/c1-24-12-13-4-2-6-15(8-13)19(23)21-11-17(22)10-18(21)14-5-3-7-16(20)9-14/h2-9,17-18,22H,10-12H2,1H3/t17-,18-/m0/s1. The van der Waals surface area contributed by atoms with E-state index in [1.54, 1.807) is 36.3 Å². The van der Waals surface area contributed by atoms with Crippen LogP contribution in [0.1, 0.15) is 33.9 Å². The Balaban J connectivity index is 1.88. The van der Waals surface area contributed by atoms with Crippen molar-refractivity contribution in [3.8, 4) is 0 Å². The van der Waals surface area contributed by atoms with Crippen LogP contribution in [0, 0.1) is 5.82 Å². The summed E-state index contributed by atoms with van der Waals surface area (Å²) >= 11 is 0. The van der Waals surface area contributed by atoms with Gasteiger partial charge in [-0.1, -0.05) is 24.3 Å². The number of carbonyl (C=O) groups is 1. The van der Waals surface area contributed by atoms with Gasteiger partial charge < -0.3 is 14.7 Å². The van der Waals surface area contributed by atoms with Crippen molar-refractivity contribution < 1.29 is 19.0 Å². The minimum absolute atomic E-state index is 0.168. The molecule has 24 heavy (non-hydrogen) atoms. The van der Waals surface area contributed by atoms with E-state index in [0.29, 0.717) is 24.2 Å². The summed E-state index contributed by atoms with van der Waals surface area (Å²) in [6.07, 6.45) is -0.197. The van der Waals surface area contributed by atoms with Crippen LogP contribution in [0.2, 0.25) is 0 Å².